The minimum Gasteiger partial charge on any atom is -0.379 e. The second-order valence-corrected chi connectivity index (χ2v) is 5.57. The Hall–Kier alpha value is -1.40. The molecule has 0 aromatic carbocycles. The summed E-state index contributed by atoms with van der Waals surface area (Å²) >= 11 is 0. The van der Waals surface area contributed by atoms with E-state index in [2.05, 4.69) is 17.2 Å². The van der Waals surface area contributed by atoms with Crippen molar-refractivity contribution in [2.45, 2.75) is 40.0 Å². The molecular weight excluding hydrogens is 296 g/mol. The molecular formula is C17H32N2O4. The van der Waals surface area contributed by atoms with Crippen LogP contribution in [0, 0.1) is 5.92 Å². The van der Waals surface area contributed by atoms with E-state index in [9.17, 15) is 9.59 Å². The third-order valence-corrected chi connectivity index (χ3v) is 3.34. The SMILES string of the molecule is C=C(C)C(=O)NCCCOCCOCCCNC(=O)C(C)CC. The summed E-state index contributed by atoms with van der Waals surface area (Å²) in [7, 11) is 0. The monoisotopic (exact) mass is 328 g/mol. The molecule has 0 saturated carbocycles. The largest absolute Gasteiger partial charge is 0.379 e. The van der Waals surface area contributed by atoms with Gasteiger partial charge in [-0.2, -0.15) is 0 Å². The van der Waals surface area contributed by atoms with E-state index in [-0.39, 0.29) is 17.7 Å². The lowest BCUT2D eigenvalue weighted by atomic mass is 10.1. The number of carbonyl (C=O) groups excluding carboxylic acids is 2. The average Bonchev–Trinajstić information content (AvgIpc) is 2.54. The molecule has 2 N–H and O–H groups in total. The lowest BCUT2D eigenvalue weighted by Gasteiger charge is -2.10. The molecule has 6 nitrogen and oxygen atoms in total. The Morgan fingerprint density at radius 1 is 1.00 bits per heavy atom. The number of ether oxygens (including phenoxy) is 2. The van der Waals surface area contributed by atoms with E-state index < -0.39 is 0 Å². The van der Waals surface area contributed by atoms with Crippen molar-refractivity contribution in [1.29, 1.82) is 0 Å². The molecule has 134 valence electrons. The summed E-state index contributed by atoms with van der Waals surface area (Å²) in [6.45, 7) is 12.7. The molecule has 0 aromatic heterocycles. The molecule has 0 fully saturated rings. The smallest absolute Gasteiger partial charge is 0.246 e. The third kappa shape index (κ3) is 12.8. The molecule has 1 unspecified atom stereocenters. The molecule has 0 rings (SSSR count). The quantitative estimate of drug-likeness (QED) is 0.375. The van der Waals surface area contributed by atoms with Gasteiger partial charge in [0.1, 0.15) is 0 Å². The standard InChI is InChI=1S/C17H32N2O4/c1-5-15(4)17(21)19-9-7-11-23-13-12-22-10-6-8-18-16(20)14(2)3/h15H,2,5-13H2,1,3-4H3,(H,18,20)(H,19,21). The number of nitrogens with one attached hydrogen (secondary N) is 2. The first kappa shape index (κ1) is 21.6. The molecule has 0 heterocycles. The van der Waals surface area contributed by atoms with Crippen LogP contribution in [0.1, 0.15) is 40.0 Å². The zero-order valence-corrected chi connectivity index (χ0v) is 14.8. The lowest BCUT2D eigenvalue weighted by Crippen LogP contribution is -2.30. The maximum atomic E-state index is 11.5. The highest BCUT2D eigenvalue weighted by molar-refractivity contribution is 5.91. The molecule has 0 spiro atoms. The summed E-state index contributed by atoms with van der Waals surface area (Å²) in [4.78, 5) is 22.7. The van der Waals surface area contributed by atoms with E-state index in [0.717, 1.165) is 19.3 Å². The van der Waals surface area contributed by atoms with Crippen molar-refractivity contribution in [3.63, 3.8) is 0 Å². The maximum Gasteiger partial charge on any atom is 0.246 e. The Balaban J connectivity index is 3.24. The number of rotatable bonds is 14. The Morgan fingerprint density at radius 3 is 2.00 bits per heavy atom. The first-order valence-corrected chi connectivity index (χ1v) is 8.35. The highest BCUT2D eigenvalue weighted by Gasteiger charge is 2.08. The number of carbonyl (C=O) groups is 2. The first-order chi connectivity index (χ1) is 11.0. The predicted molar refractivity (Wildman–Crippen MR) is 91.2 cm³/mol. The van der Waals surface area contributed by atoms with Gasteiger partial charge in [0, 0.05) is 37.8 Å². The van der Waals surface area contributed by atoms with E-state index >= 15 is 0 Å². The van der Waals surface area contributed by atoms with Crippen LogP contribution in [0.2, 0.25) is 0 Å². The minimum absolute atomic E-state index is 0.0736. The molecule has 0 aliphatic heterocycles. The molecule has 0 aromatic rings. The number of hydrogen-bond acceptors (Lipinski definition) is 4. The van der Waals surface area contributed by atoms with Gasteiger partial charge < -0.3 is 20.1 Å². The van der Waals surface area contributed by atoms with Crippen LogP contribution in [-0.2, 0) is 19.1 Å². The Labute approximate surface area is 140 Å². The normalized spacial score (nSPS) is 11.8. The van der Waals surface area contributed by atoms with Gasteiger partial charge in [-0.15, -0.1) is 0 Å². The molecule has 2 amide bonds. The van der Waals surface area contributed by atoms with Gasteiger partial charge in [-0.25, -0.2) is 0 Å². The molecule has 6 heteroatoms. The van der Waals surface area contributed by atoms with Gasteiger partial charge in [0.25, 0.3) is 0 Å². The molecule has 0 radical (unpaired) electrons. The highest BCUT2D eigenvalue weighted by atomic mass is 16.5. The molecule has 0 saturated heterocycles. The lowest BCUT2D eigenvalue weighted by molar-refractivity contribution is -0.124. The topological polar surface area (TPSA) is 76.7 Å². The summed E-state index contributed by atoms with van der Waals surface area (Å²) in [6.07, 6.45) is 2.42. The van der Waals surface area contributed by atoms with Crippen molar-refractivity contribution in [2.75, 3.05) is 39.5 Å². The zero-order chi connectivity index (χ0) is 17.5. The summed E-state index contributed by atoms with van der Waals surface area (Å²) < 4.78 is 10.8. The van der Waals surface area contributed by atoms with Crippen molar-refractivity contribution >= 4 is 11.8 Å². The third-order valence-electron chi connectivity index (χ3n) is 3.34. The fourth-order valence-electron chi connectivity index (χ4n) is 1.59. The Bertz CT molecular complexity index is 359. The van der Waals surface area contributed by atoms with E-state index in [1.165, 1.54) is 0 Å². The van der Waals surface area contributed by atoms with Crippen LogP contribution in [-0.4, -0.2) is 51.3 Å². The van der Waals surface area contributed by atoms with Crippen molar-refractivity contribution < 1.29 is 19.1 Å². The van der Waals surface area contributed by atoms with Gasteiger partial charge in [0.2, 0.25) is 11.8 Å². The summed E-state index contributed by atoms with van der Waals surface area (Å²) in [6, 6.07) is 0. The van der Waals surface area contributed by atoms with Crippen LogP contribution in [0.3, 0.4) is 0 Å². The van der Waals surface area contributed by atoms with E-state index in [1.54, 1.807) is 6.92 Å². The van der Waals surface area contributed by atoms with Gasteiger partial charge in [-0.05, 0) is 26.2 Å². The maximum absolute atomic E-state index is 11.5. The van der Waals surface area contributed by atoms with Crippen molar-refractivity contribution in [3.8, 4) is 0 Å². The van der Waals surface area contributed by atoms with Crippen molar-refractivity contribution in [2.24, 2.45) is 5.92 Å². The summed E-state index contributed by atoms with van der Waals surface area (Å²) in [5, 5.41) is 5.63. The molecule has 0 aliphatic carbocycles. The molecule has 23 heavy (non-hydrogen) atoms. The van der Waals surface area contributed by atoms with Crippen molar-refractivity contribution in [1.82, 2.24) is 10.6 Å². The van der Waals surface area contributed by atoms with E-state index in [4.69, 9.17) is 9.47 Å². The summed E-state index contributed by atoms with van der Waals surface area (Å²) in [5.41, 5.74) is 0.514. The van der Waals surface area contributed by atoms with Gasteiger partial charge in [0.05, 0.1) is 13.2 Å². The van der Waals surface area contributed by atoms with Crippen LogP contribution in [0.25, 0.3) is 0 Å². The Morgan fingerprint density at radius 2 is 1.52 bits per heavy atom. The van der Waals surface area contributed by atoms with Gasteiger partial charge in [-0.3, -0.25) is 9.59 Å². The highest BCUT2D eigenvalue weighted by Crippen LogP contribution is 1.99. The fraction of sp³-hybridized carbons (Fsp3) is 0.765. The second-order valence-electron chi connectivity index (χ2n) is 5.57. The van der Waals surface area contributed by atoms with E-state index in [1.807, 2.05) is 13.8 Å². The fourth-order valence-corrected chi connectivity index (χ4v) is 1.59. The predicted octanol–water partition coefficient (Wildman–Crippen LogP) is 1.65. The van der Waals surface area contributed by atoms with Gasteiger partial charge in [0.15, 0.2) is 0 Å². The summed E-state index contributed by atoms with van der Waals surface area (Å²) in [5.74, 6) is 0.0628. The van der Waals surface area contributed by atoms with Crippen LogP contribution in [0.15, 0.2) is 12.2 Å². The number of amides is 2. The molecule has 0 bridgehead atoms. The number of hydrogen-bond donors (Lipinski definition) is 2. The van der Waals surface area contributed by atoms with Crippen molar-refractivity contribution in [3.05, 3.63) is 12.2 Å². The van der Waals surface area contributed by atoms with E-state index in [0.29, 0.717) is 45.1 Å². The van der Waals surface area contributed by atoms with Crippen LogP contribution in [0.4, 0.5) is 0 Å². The van der Waals surface area contributed by atoms with Gasteiger partial charge in [-0.1, -0.05) is 20.4 Å². The van der Waals surface area contributed by atoms with Crippen LogP contribution >= 0.6 is 0 Å². The van der Waals surface area contributed by atoms with Crippen LogP contribution in [0.5, 0.6) is 0 Å². The average molecular weight is 328 g/mol. The first-order valence-electron chi connectivity index (χ1n) is 8.35. The molecule has 1 atom stereocenters. The molecule has 0 aliphatic rings. The Kier molecular flexibility index (Phi) is 13.3. The minimum atomic E-state index is -0.117. The van der Waals surface area contributed by atoms with Gasteiger partial charge >= 0.3 is 0 Å². The zero-order valence-electron chi connectivity index (χ0n) is 14.8. The second kappa shape index (κ2) is 14.2. The van der Waals surface area contributed by atoms with Crippen LogP contribution < -0.4 is 10.6 Å².